The number of methoxy groups -OCH3 is 1. The zero-order valence-corrected chi connectivity index (χ0v) is 6.85. The monoisotopic (exact) mass is 164 g/mol. The summed E-state index contributed by atoms with van der Waals surface area (Å²) in [7, 11) is 1.58. The van der Waals surface area contributed by atoms with Crippen LogP contribution in [0.2, 0.25) is 0 Å². The summed E-state index contributed by atoms with van der Waals surface area (Å²) in [4.78, 5) is 0. The number of hydrogen-bond acceptors (Lipinski definition) is 4. The number of aromatic nitrogens is 4. The SMILES string of the molecule is COc1ccc2nnc(C)n2n1. The van der Waals surface area contributed by atoms with Gasteiger partial charge in [0.25, 0.3) is 0 Å². The molecule has 2 aromatic rings. The van der Waals surface area contributed by atoms with Gasteiger partial charge in [-0.1, -0.05) is 0 Å². The van der Waals surface area contributed by atoms with Gasteiger partial charge in [0.2, 0.25) is 5.88 Å². The first-order valence-electron chi connectivity index (χ1n) is 3.54. The molecule has 2 heterocycles. The van der Waals surface area contributed by atoms with Gasteiger partial charge < -0.3 is 4.74 Å². The number of fused-ring (bicyclic) bond motifs is 1. The van der Waals surface area contributed by atoms with Gasteiger partial charge >= 0.3 is 0 Å². The molecule has 0 amide bonds. The van der Waals surface area contributed by atoms with E-state index in [1.165, 1.54) is 0 Å². The molecule has 0 aromatic carbocycles. The van der Waals surface area contributed by atoms with Crippen LogP contribution in [0, 0.1) is 6.92 Å². The fourth-order valence-electron chi connectivity index (χ4n) is 0.988. The average molecular weight is 164 g/mol. The number of nitrogens with zero attached hydrogens (tertiary/aromatic N) is 4. The molecule has 2 aromatic heterocycles. The Balaban J connectivity index is 2.71. The van der Waals surface area contributed by atoms with Crippen molar-refractivity contribution in [3.8, 4) is 5.88 Å². The third kappa shape index (κ3) is 0.903. The standard InChI is InChI=1S/C7H8N4O/c1-5-8-9-6-3-4-7(12-2)10-11(5)6/h3-4H,1-2H3. The molecule has 0 aliphatic rings. The van der Waals surface area contributed by atoms with Crippen molar-refractivity contribution in [1.29, 1.82) is 0 Å². The van der Waals surface area contributed by atoms with E-state index >= 15 is 0 Å². The molecule has 62 valence electrons. The fourth-order valence-corrected chi connectivity index (χ4v) is 0.988. The lowest BCUT2D eigenvalue weighted by molar-refractivity contribution is 0.389. The van der Waals surface area contributed by atoms with E-state index in [4.69, 9.17) is 4.74 Å². The van der Waals surface area contributed by atoms with Crippen molar-refractivity contribution in [1.82, 2.24) is 19.8 Å². The van der Waals surface area contributed by atoms with Gasteiger partial charge in [-0.05, 0) is 13.0 Å². The topological polar surface area (TPSA) is 52.3 Å². The maximum absolute atomic E-state index is 4.96. The summed E-state index contributed by atoms with van der Waals surface area (Å²) in [5.74, 6) is 1.31. The van der Waals surface area contributed by atoms with Crippen molar-refractivity contribution in [3.63, 3.8) is 0 Å². The molecular weight excluding hydrogens is 156 g/mol. The number of ether oxygens (including phenoxy) is 1. The van der Waals surface area contributed by atoms with E-state index in [2.05, 4.69) is 15.3 Å². The van der Waals surface area contributed by atoms with Crippen molar-refractivity contribution in [2.24, 2.45) is 0 Å². The Morgan fingerprint density at radius 1 is 1.33 bits per heavy atom. The van der Waals surface area contributed by atoms with Crippen LogP contribution in [0.4, 0.5) is 0 Å². The van der Waals surface area contributed by atoms with E-state index in [-0.39, 0.29) is 0 Å². The van der Waals surface area contributed by atoms with Crippen LogP contribution in [0.1, 0.15) is 5.82 Å². The van der Waals surface area contributed by atoms with Crippen molar-refractivity contribution < 1.29 is 4.74 Å². The molecule has 12 heavy (non-hydrogen) atoms. The molecule has 0 atom stereocenters. The van der Waals surface area contributed by atoms with Crippen LogP contribution in [0.25, 0.3) is 5.65 Å². The van der Waals surface area contributed by atoms with Crippen molar-refractivity contribution in [3.05, 3.63) is 18.0 Å². The van der Waals surface area contributed by atoms with Crippen LogP contribution < -0.4 is 4.74 Å². The minimum atomic E-state index is 0.561. The Morgan fingerprint density at radius 2 is 2.17 bits per heavy atom. The molecule has 0 unspecified atom stereocenters. The second-order valence-corrected chi connectivity index (χ2v) is 2.39. The Labute approximate surface area is 69.0 Å². The highest BCUT2D eigenvalue weighted by molar-refractivity contribution is 5.37. The van der Waals surface area contributed by atoms with Gasteiger partial charge in [-0.25, -0.2) is 0 Å². The largest absolute Gasteiger partial charge is 0.480 e. The molecule has 0 bridgehead atoms. The molecule has 0 aliphatic heterocycles. The minimum absolute atomic E-state index is 0.561. The first kappa shape index (κ1) is 7.02. The van der Waals surface area contributed by atoms with Crippen molar-refractivity contribution in [2.75, 3.05) is 7.11 Å². The van der Waals surface area contributed by atoms with Crippen molar-refractivity contribution >= 4 is 5.65 Å². The maximum Gasteiger partial charge on any atom is 0.231 e. The van der Waals surface area contributed by atoms with Crippen LogP contribution in [0.5, 0.6) is 5.88 Å². The second kappa shape index (κ2) is 2.44. The summed E-state index contributed by atoms with van der Waals surface area (Å²) in [6, 6.07) is 3.56. The Bertz CT molecular complexity index is 409. The first-order chi connectivity index (χ1) is 5.81. The van der Waals surface area contributed by atoms with Gasteiger partial charge in [0.1, 0.15) is 0 Å². The molecule has 0 saturated heterocycles. The first-order valence-corrected chi connectivity index (χ1v) is 3.54. The van der Waals surface area contributed by atoms with E-state index < -0.39 is 0 Å². The van der Waals surface area contributed by atoms with Gasteiger partial charge in [-0.3, -0.25) is 0 Å². The highest BCUT2D eigenvalue weighted by atomic mass is 16.5. The Hall–Kier alpha value is -1.65. The number of hydrogen-bond donors (Lipinski definition) is 0. The Kier molecular flexibility index (Phi) is 1.43. The van der Waals surface area contributed by atoms with E-state index in [0.717, 1.165) is 11.5 Å². The van der Waals surface area contributed by atoms with Crippen LogP contribution in [0.3, 0.4) is 0 Å². The van der Waals surface area contributed by atoms with Gasteiger partial charge in [0, 0.05) is 6.07 Å². The average Bonchev–Trinajstić information content (AvgIpc) is 2.47. The molecule has 5 heteroatoms. The highest BCUT2D eigenvalue weighted by Gasteiger charge is 2.01. The number of rotatable bonds is 1. The van der Waals surface area contributed by atoms with Gasteiger partial charge in [0.05, 0.1) is 7.11 Å². The van der Waals surface area contributed by atoms with E-state index in [9.17, 15) is 0 Å². The molecule has 0 saturated carbocycles. The molecule has 0 radical (unpaired) electrons. The molecule has 0 spiro atoms. The normalized spacial score (nSPS) is 10.5. The predicted octanol–water partition coefficient (Wildman–Crippen LogP) is 0.441. The van der Waals surface area contributed by atoms with Crippen LogP contribution >= 0.6 is 0 Å². The third-order valence-electron chi connectivity index (χ3n) is 1.60. The second-order valence-electron chi connectivity index (χ2n) is 2.39. The maximum atomic E-state index is 4.96. The quantitative estimate of drug-likeness (QED) is 0.613. The lowest BCUT2D eigenvalue weighted by Gasteiger charge is -1.97. The van der Waals surface area contributed by atoms with Crippen molar-refractivity contribution in [2.45, 2.75) is 6.92 Å². The molecule has 2 rings (SSSR count). The zero-order valence-electron chi connectivity index (χ0n) is 6.85. The van der Waals surface area contributed by atoms with E-state index in [0.29, 0.717) is 5.88 Å². The molecule has 0 aliphatic carbocycles. The van der Waals surface area contributed by atoms with Gasteiger partial charge in [-0.15, -0.1) is 15.3 Å². The third-order valence-corrected chi connectivity index (χ3v) is 1.60. The summed E-state index contributed by atoms with van der Waals surface area (Å²) in [6.45, 7) is 1.84. The number of aryl methyl sites for hydroxylation is 1. The molecule has 0 fully saturated rings. The lowest BCUT2D eigenvalue weighted by atomic mass is 10.5. The van der Waals surface area contributed by atoms with E-state index in [1.54, 1.807) is 17.7 Å². The zero-order chi connectivity index (χ0) is 8.55. The Morgan fingerprint density at radius 3 is 2.92 bits per heavy atom. The van der Waals surface area contributed by atoms with Crippen LogP contribution in [-0.2, 0) is 0 Å². The predicted molar refractivity (Wildman–Crippen MR) is 42.1 cm³/mol. The lowest BCUT2D eigenvalue weighted by Crippen LogP contribution is -1.96. The van der Waals surface area contributed by atoms with Gasteiger partial charge in [0.15, 0.2) is 11.5 Å². The molecule has 0 N–H and O–H groups in total. The summed E-state index contributed by atoms with van der Waals surface area (Å²) in [6.07, 6.45) is 0. The summed E-state index contributed by atoms with van der Waals surface area (Å²) in [5, 5.41) is 11.9. The molecule has 5 nitrogen and oxygen atoms in total. The van der Waals surface area contributed by atoms with Crippen LogP contribution in [-0.4, -0.2) is 26.9 Å². The summed E-state index contributed by atoms with van der Waals surface area (Å²) in [5.41, 5.74) is 0.730. The van der Waals surface area contributed by atoms with Crippen LogP contribution in [0.15, 0.2) is 12.1 Å². The molecular formula is C7H8N4O. The summed E-state index contributed by atoms with van der Waals surface area (Å²) >= 11 is 0. The van der Waals surface area contributed by atoms with E-state index in [1.807, 2.05) is 13.0 Å². The fraction of sp³-hybridized carbons (Fsp3) is 0.286. The van der Waals surface area contributed by atoms with Gasteiger partial charge in [-0.2, -0.15) is 4.52 Å². The minimum Gasteiger partial charge on any atom is -0.480 e. The highest BCUT2D eigenvalue weighted by Crippen LogP contribution is 2.07. The smallest absolute Gasteiger partial charge is 0.231 e. The summed E-state index contributed by atoms with van der Waals surface area (Å²) < 4.78 is 6.60.